The Morgan fingerprint density at radius 2 is 1.93 bits per heavy atom. The highest BCUT2D eigenvalue weighted by Crippen LogP contribution is 1.99. The Balaban J connectivity index is 4.37. The molecule has 0 aromatic carbocycles. The van der Waals surface area contributed by atoms with E-state index in [2.05, 4.69) is 10.3 Å². The fourth-order valence-electron chi connectivity index (χ4n) is 1.13. The summed E-state index contributed by atoms with van der Waals surface area (Å²) in [6.45, 7) is 7.59. The number of hydrogen-bond acceptors (Lipinski definition) is 3. The van der Waals surface area contributed by atoms with Gasteiger partial charge in [-0.15, -0.1) is 0 Å². The average Bonchev–Trinajstić information content (AvgIpc) is 1.73. The van der Waals surface area contributed by atoms with Crippen LogP contribution in [-0.2, 0) is 9.84 Å². The highest BCUT2D eigenvalue weighted by Gasteiger charge is 2.13. The Morgan fingerprint density at radius 1 is 1.47 bits per heavy atom. The lowest BCUT2D eigenvalue weighted by Crippen LogP contribution is -2.45. The summed E-state index contributed by atoms with van der Waals surface area (Å²) in [5, 5.41) is 2.97. The van der Waals surface area contributed by atoms with Gasteiger partial charge >= 0.3 is 0 Å². The Hall–Kier alpha value is -0.780. The minimum absolute atomic E-state index is 0.0134. The molecular formula is C9H21N3O2S. The number of sulfone groups is 1. The van der Waals surface area contributed by atoms with E-state index in [9.17, 15) is 8.42 Å². The molecule has 15 heavy (non-hydrogen) atoms. The third-order valence-electron chi connectivity index (χ3n) is 1.41. The van der Waals surface area contributed by atoms with Crippen LogP contribution in [0.2, 0.25) is 0 Å². The number of rotatable bonds is 3. The molecule has 0 aliphatic heterocycles. The monoisotopic (exact) mass is 235 g/mol. The van der Waals surface area contributed by atoms with Crippen LogP contribution < -0.4 is 11.1 Å². The van der Waals surface area contributed by atoms with Gasteiger partial charge in [-0.3, -0.25) is 0 Å². The molecule has 3 N–H and O–H groups in total. The Morgan fingerprint density at radius 3 is 2.27 bits per heavy atom. The average molecular weight is 235 g/mol. The minimum atomic E-state index is -3.00. The number of nitrogens with zero attached hydrogens (tertiary/aromatic N) is 1. The molecule has 0 saturated carbocycles. The predicted octanol–water partition coefficient (Wildman–Crippen LogP) is 0.122. The van der Waals surface area contributed by atoms with E-state index < -0.39 is 9.84 Å². The van der Waals surface area contributed by atoms with E-state index in [4.69, 9.17) is 5.73 Å². The van der Waals surface area contributed by atoms with Crippen LogP contribution in [0.1, 0.15) is 27.7 Å². The van der Waals surface area contributed by atoms with Crippen LogP contribution in [0.25, 0.3) is 0 Å². The van der Waals surface area contributed by atoms with E-state index in [1.165, 1.54) is 6.26 Å². The molecule has 0 aromatic rings. The molecule has 0 spiro atoms. The predicted molar refractivity (Wildman–Crippen MR) is 63.7 cm³/mol. The first kappa shape index (κ1) is 14.2. The van der Waals surface area contributed by atoms with Crippen LogP contribution in [0.15, 0.2) is 4.99 Å². The number of hydrogen-bond donors (Lipinski definition) is 2. The normalized spacial score (nSPS) is 16.2. The summed E-state index contributed by atoms with van der Waals surface area (Å²) in [6.07, 6.45) is 1.19. The van der Waals surface area contributed by atoms with Gasteiger partial charge in [0.05, 0.1) is 11.8 Å². The molecule has 0 bridgehead atoms. The Labute approximate surface area is 92.1 Å². The molecule has 0 amide bonds. The van der Waals surface area contributed by atoms with Gasteiger partial charge in [-0.2, -0.15) is 0 Å². The van der Waals surface area contributed by atoms with Gasteiger partial charge < -0.3 is 11.1 Å². The van der Waals surface area contributed by atoms with Gasteiger partial charge in [-0.25, -0.2) is 13.4 Å². The summed E-state index contributed by atoms with van der Waals surface area (Å²) < 4.78 is 22.0. The molecule has 6 heteroatoms. The third-order valence-corrected chi connectivity index (χ3v) is 2.49. The summed E-state index contributed by atoms with van der Waals surface area (Å²) in [7, 11) is -3.00. The lowest BCUT2D eigenvalue weighted by Gasteiger charge is -2.21. The second-order valence-electron chi connectivity index (χ2n) is 4.83. The first-order valence-electron chi connectivity index (χ1n) is 4.79. The lowest BCUT2D eigenvalue weighted by molar-refractivity contribution is 0.507. The molecule has 0 saturated heterocycles. The van der Waals surface area contributed by atoms with Crippen molar-refractivity contribution in [3.05, 3.63) is 0 Å². The Bertz CT molecular complexity index is 328. The fourth-order valence-corrected chi connectivity index (χ4v) is 2.08. The van der Waals surface area contributed by atoms with Crippen molar-refractivity contribution in [2.45, 2.75) is 39.3 Å². The zero-order valence-corrected chi connectivity index (χ0v) is 10.9. The molecule has 0 aromatic heterocycles. The number of aliphatic imine (C=N–C) groups is 1. The van der Waals surface area contributed by atoms with Crippen LogP contribution in [0.5, 0.6) is 0 Å². The van der Waals surface area contributed by atoms with E-state index in [0.29, 0.717) is 0 Å². The van der Waals surface area contributed by atoms with E-state index in [-0.39, 0.29) is 23.3 Å². The summed E-state index contributed by atoms with van der Waals surface area (Å²) in [5.74, 6) is 0.290. The van der Waals surface area contributed by atoms with Crippen molar-refractivity contribution in [3.8, 4) is 0 Å². The molecule has 1 unspecified atom stereocenters. The van der Waals surface area contributed by atoms with Crippen molar-refractivity contribution in [2.75, 3.05) is 12.0 Å². The topological polar surface area (TPSA) is 84.5 Å². The zero-order valence-electron chi connectivity index (χ0n) is 10.0. The summed E-state index contributed by atoms with van der Waals surface area (Å²) >= 11 is 0. The van der Waals surface area contributed by atoms with Crippen molar-refractivity contribution < 1.29 is 8.42 Å². The SMILES string of the molecule is CC(CS(C)(=O)=O)N=C(N)NC(C)(C)C. The molecule has 0 aliphatic rings. The molecule has 1 atom stereocenters. The van der Waals surface area contributed by atoms with E-state index in [1.54, 1.807) is 6.92 Å². The fraction of sp³-hybridized carbons (Fsp3) is 0.889. The quantitative estimate of drug-likeness (QED) is 0.537. The maximum atomic E-state index is 11.0. The first-order chi connectivity index (χ1) is 6.49. The summed E-state index contributed by atoms with van der Waals surface area (Å²) in [5.41, 5.74) is 5.46. The highest BCUT2D eigenvalue weighted by molar-refractivity contribution is 7.90. The number of nitrogens with two attached hydrogens (primary N) is 1. The molecular weight excluding hydrogens is 214 g/mol. The molecule has 0 radical (unpaired) electrons. The second kappa shape index (κ2) is 4.83. The Kier molecular flexibility index (Phi) is 4.58. The third kappa shape index (κ3) is 9.52. The molecule has 0 rings (SSSR count). The van der Waals surface area contributed by atoms with E-state index >= 15 is 0 Å². The number of nitrogens with one attached hydrogen (secondary N) is 1. The van der Waals surface area contributed by atoms with Crippen molar-refractivity contribution in [3.63, 3.8) is 0 Å². The molecule has 0 fully saturated rings. The smallest absolute Gasteiger partial charge is 0.189 e. The van der Waals surface area contributed by atoms with E-state index in [1.807, 2.05) is 20.8 Å². The molecule has 5 nitrogen and oxygen atoms in total. The van der Waals surface area contributed by atoms with Crippen molar-refractivity contribution in [1.82, 2.24) is 5.32 Å². The molecule has 90 valence electrons. The van der Waals surface area contributed by atoms with Crippen molar-refractivity contribution in [1.29, 1.82) is 0 Å². The lowest BCUT2D eigenvalue weighted by atomic mass is 10.1. The maximum absolute atomic E-state index is 11.0. The van der Waals surface area contributed by atoms with Gasteiger partial charge in [-0.05, 0) is 27.7 Å². The van der Waals surface area contributed by atoms with Gasteiger partial charge in [0.2, 0.25) is 0 Å². The van der Waals surface area contributed by atoms with Crippen LogP contribution in [-0.4, -0.2) is 38.0 Å². The van der Waals surface area contributed by atoms with Crippen molar-refractivity contribution in [2.24, 2.45) is 10.7 Å². The van der Waals surface area contributed by atoms with Gasteiger partial charge in [0, 0.05) is 11.8 Å². The second-order valence-corrected chi connectivity index (χ2v) is 7.02. The van der Waals surface area contributed by atoms with Gasteiger partial charge in [0.1, 0.15) is 9.84 Å². The van der Waals surface area contributed by atoms with Crippen LogP contribution in [0.3, 0.4) is 0 Å². The van der Waals surface area contributed by atoms with Crippen LogP contribution >= 0.6 is 0 Å². The molecule has 0 heterocycles. The standard InChI is InChI=1S/C9H21N3O2S/c1-7(6-15(5,13)14)11-8(10)12-9(2,3)4/h7H,6H2,1-5H3,(H3,10,11,12). The van der Waals surface area contributed by atoms with Gasteiger partial charge in [0.15, 0.2) is 5.96 Å². The molecule has 0 aliphatic carbocycles. The minimum Gasteiger partial charge on any atom is -0.370 e. The van der Waals surface area contributed by atoms with Gasteiger partial charge in [-0.1, -0.05) is 0 Å². The summed E-state index contributed by atoms with van der Waals surface area (Å²) in [4.78, 5) is 4.05. The maximum Gasteiger partial charge on any atom is 0.189 e. The van der Waals surface area contributed by atoms with Crippen LogP contribution in [0, 0.1) is 0 Å². The van der Waals surface area contributed by atoms with E-state index in [0.717, 1.165) is 0 Å². The summed E-state index contributed by atoms with van der Waals surface area (Å²) in [6, 6.07) is -0.324. The first-order valence-corrected chi connectivity index (χ1v) is 6.85. The van der Waals surface area contributed by atoms with Gasteiger partial charge in [0.25, 0.3) is 0 Å². The zero-order chi connectivity index (χ0) is 12.3. The largest absolute Gasteiger partial charge is 0.370 e. The number of guanidine groups is 1. The van der Waals surface area contributed by atoms with Crippen LogP contribution in [0.4, 0.5) is 0 Å². The van der Waals surface area contributed by atoms with Crippen molar-refractivity contribution >= 4 is 15.8 Å². The highest BCUT2D eigenvalue weighted by atomic mass is 32.2.